The van der Waals surface area contributed by atoms with Crippen molar-refractivity contribution >= 4 is 23.5 Å². The fourth-order valence-electron chi connectivity index (χ4n) is 3.22. The summed E-state index contributed by atoms with van der Waals surface area (Å²) < 4.78 is 3.98. The maximum Gasteiger partial charge on any atom is 0.405 e. The van der Waals surface area contributed by atoms with Crippen molar-refractivity contribution in [3.05, 3.63) is 37.1 Å². The highest BCUT2D eigenvalue weighted by molar-refractivity contribution is 5.98. The van der Waals surface area contributed by atoms with Crippen molar-refractivity contribution in [1.29, 1.82) is 0 Å². The van der Waals surface area contributed by atoms with Gasteiger partial charge in [0.05, 0.1) is 11.7 Å². The number of nitrogens with one attached hydrogen (secondary N) is 1. The highest BCUT2D eigenvalue weighted by Crippen LogP contribution is 2.27. The van der Waals surface area contributed by atoms with Gasteiger partial charge in [-0.15, -0.1) is 0 Å². The number of aliphatic imine (C=N–C) groups is 1. The molecular weight excluding hydrogens is 368 g/mol. The molecule has 1 atom stereocenters. The first kappa shape index (κ1) is 20.6. The Morgan fingerprint density at radius 3 is 2.48 bits per heavy atom. The van der Waals surface area contributed by atoms with Crippen molar-refractivity contribution in [3.8, 4) is 0 Å². The molecule has 2 aromatic rings. The zero-order chi connectivity index (χ0) is 21.6. The lowest BCUT2D eigenvalue weighted by Gasteiger charge is -2.39. The summed E-state index contributed by atoms with van der Waals surface area (Å²) in [6, 6.07) is 1.68. The lowest BCUT2D eigenvalue weighted by atomic mass is 10.1. The summed E-state index contributed by atoms with van der Waals surface area (Å²) in [7, 11) is 0. The summed E-state index contributed by atoms with van der Waals surface area (Å²) >= 11 is 0. The van der Waals surface area contributed by atoms with Gasteiger partial charge in [-0.1, -0.05) is 4.98 Å². The molecule has 0 fully saturated rings. The topological polar surface area (TPSA) is 95.1 Å². The van der Waals surface area contributed by atoms with Crippen molar-refractivity contribution in [2.75, 3.05) is 5.73 Å². The average Bonchev–Trinajstić information content (AvgIpc) is 3.19. The van der Waals surface area contributed by atoms with E-state index in [1.54, 1.807) is 30.3 Å². The van der Waals surface area contributed by atoms with Gasteiger partial charge in [-0.05, 0) is 48.5 Å². The molecule has 9 heteroatoms. The molecule has 0 aromatic carbocycles. The Bertz CT molecular complexity index is 977. The minimum absolute atomic E-state index is 0.0234. The largest absolute Gasteiger partial charge is 0.405 e. The molecule has 2 aliphatic rings. The maximum absolute atomic E-state index is 11.6. The van der Waals surface area contributed by atoms with Crippen LogP contribution in [0.5, 0.6) is 0 Å². The molecule has 29 heavy (non-hydrogen) atoms. The number of amides is 2. The number of nitrogen functional groups attached to an aromatic ring is 1. The summed E-state index contributed by atoms with van der Waals surface area (Å²) in [6.45, 7) is 14.5. The van der Waals surface area contributed by atoms with Crippen LogP contribution in [0.3, 0.4) is 0 Å². The first-order chi connectivity index (χ1) is 13.4. The second kappa shape index (κ2) is 7.06. The molecule has 2 aliphatic heterocycles. The maximum atomic E-state index is 11.6. The number of anilines is 1. The average molecular weight is 400 g/mol. The standard InChI is InChI=1S/C10H16N4O.C10H14N4/c1-7-11-8-13(9(15)12-7)5-6-14(8)10(2,3)4;1-10(2,3)14-7-6-13-8(11)4-5-12-9(13)14/h5-6,8H,1-4H3,(H,11,12,15);4-7,11H,1-3H3/p+1. The number of hydrogen-bond donors (Lipinski definition) is 2. The van der Waals surface area contributed by atoms with Gasteiger partial charge in [0.25, 0.3) is 0 Å². The number of nitrogens with zero attached hydrogens (tertiary/aromatic N) is 6. The Kier molecular flexibility index (Phi) is 5.02. The molecule has 0 saturated heterocycles. The van der Waals surface area contributed by atoms with Crippen molar-refractivity contribution in [3.63, 3.8) is 0 Å². The minimum atomic E-state index is -0.223. The summed E-state index contributed by atoms with van der Waals surface area (Å²) in [5.74, 6) is 2.25. The SMILES string of the molecule is CC(C)(C)[n+]1ccn2c(N)ccnc21.CC1=NC2N(C=CN2C(C)(C)C)C(=O)N1. The van der Waals surface area contributed by atoms with Crippen molar-refractivity contribution in [1.82, 2.24) is 24.5 Å². The van der Waals surface area contributed by atoms with E-state index in [4.69, 9.17) is 5.73 Å². The van der Waals surface area contributed by atoms with Gasteiger partial charge in [-0.2, -0.15) is 4.40 Å². The number of nitrogens with two attached hydrogens (primary N) is 1. The van der Waals surface area contributed by atoms with E-state index in [2.05, 4.69) is 66.3 Å². The summed E-state index contributed by atoms with van der Waals surface area (Å²) in [4.78, 5) is 24.0. The van der Waals surface area contributed by atoms with Gasteiger partial charge in [0.1, 0.15) is 18.2 Å². The molecule has 1 unspecified atom stereocenters. The molecule has 9 nitrogen and oxygen atoms in total. The Morgan fingerprint density at radius 1 is 1.17 bits per heavy atom. The third-order valence-corrected chi connectivity index (χ3v) is 4.72. The van der Waals surface area contributed by atoms with Gasteiger partial charge in [-0.25, -0.2) is 14.4 Å². The molecule has 0 bridgehead atoms. The fraction of sp³-hybridized carbons (Fsp3) is 0.500. The molecule has 0 aliphatic carbocycles. The Hall–Kier alpha value is -3.10. The number of carbonyl (C=O) groups excluding carboxylic acids is 1. The normalized spacial score (nSPS) is 18.9. The lowest BCUT2D eigenvalue weighted by molar-refractivity contribution is -0.731. The number of imidazole rings is 1. The Morgan fingerprint density at radius 2 is 1.86 bits per heavy atom. The van der Waals surface area contributed by atoms with Gasteiger partial charge < -0.3 is 10.6 Å². The highest BCUT2D eigenvalue weighted by Gasteiger charge is 2.38. The van der Waals surface area contributed by atoms with Crippen LogP contribution in [-0.4, -0.2) is 42.9 Å². The van der Waals surface area contributed by atoms with Crippen molar-refractivity contribution in [2.24, 2.45) is 4.99 Å². The second-order valence-electron chi connectivity index (χ2n) is 9.15. The third-order valence-electron chi connectivity index (χ3n) is 4.72. The number of carbonyl (C=O) groups is 1. The molecule has 2 aromatic heterocycles. The van der Waals surface area contributed by atoms with Crippen LogP contribution >= 0.6 is 0 Å². The van der Waals surface area contributed by atoms with Gasteiger partial charge in [0, 0.05) is 24.0 Å². The zero-order valence-electron chi connectivity index (χ0n) is 18.2. The quantitative estimate of drug-likeness (QED) is 0.664. The van der Waals surface area contributed by atoms with E-state index < -0.39 is 0 Å². The molecule has 156 valence electrons. The molecule has 4 rings (SSSR count). The van der Waals surface area contributed by atoms with E-state index >= 15 is 0 Å². The van der Waals surface area contributed by atoms with Gasteiger partial charge >= 0.3 is 11.8 Å². The lowest BCUT2D eigenvalue weighted by Crippen LogP contribution is -2.55. The summed E-state index contributed by atoms with van der Waals surface area (Å²) in [5.41, 5.74) is 5.80. The smallest absolute Gasteiger partial charge is 0.372 e. The Labute approximate surface area is 171 Å². The number of fused-ring (bicyclic) bond motifs is 2. The number of rotatable bonds is 0. The third kappa shape index (κ3) is 4.03. The number of urea groups is 1. The predicted molar refractivity (Wildman–Crippen MR) is 113 cm³/mol. The van der Waals surface area contributed by atoms with Crippen LogP contribution in [0.1, 0.15) is 48.5 Å². The molecular formula is C20H31N8O+. The zero-order valence-corrected chi connectivity index (χ0v) is 18.2. The van der Waals surface area contributed by atoms with E-state index in [1.165, 1.54) is 0 Å². The number of amidine groups is 1. The molecule has 3 N–H and O–H groups in total. The van der Waals surface area contributed by atoms with E-state index in [0.29, 0.717) is 11.7 Å². The van der Waals surface area contributed by atoms with Gasteiger partial charge in [0.15, 0.2) is 5.82 Å². The van der Waals surface area contributed by atoms with Crippen LogP contribution in [0, 0.1) is 0 Å². The molecule has 2 amide bonds. The summed E-state index contributed by atoms with van der Waals surface area (Å²) in [6.07, 6.45) is 9.11. The van der Waals surface area contributed by atoms with Crippen LogP contribution in [0.25, 0.3) is 5.78 Å². The van der Waals surface area contributed by atoms with Crippen LogP contribution in [0.15, 0.2) is 42.0 Å². The molecule has 0 radical (unpaired) electrons. The summed E-state index contributed by atoms with van der Waals surface area (Å²) in [5, 5.41) is 2.68. The van der Waals surface area contributed by atoms with Crippen LogP contribution in [0.4, 0.5) is 10.6 Å². The number of aromatic nitrogens is 3. The monoisotopic (exact) mass is 399 g/mol. The Balaban J connectivity index is 0.000000166. The minimum Gasteiger partial charge on any atom is -0.372 e. The first-order valence-corrected chi connectivity index (χ1v) is 9.64. The van der Waals surface area contributed by atoms with Crippen LogP contribution in [0.2, 0.25) is 0 Å². The van der Waals surface area contributed by atoms with Gasteiger partial charge in [0.2, 0.25) is 6.29 Å². The van der Waals surface area contributed by atoms with Crippen molar-refractivity contribution < 1.29 is 9.36 Å². The van der Waals surface area contributed by atoms with Crippen LogP contribution in [-0.2, 0) is 5.54 Å². The van der Waals surface area contributed by atoms with E-state index in [-0.39, 0.29) is 23.4 Å². The van der Waals surface area contributed by atoms with E-state index in [1.807, 2.05) is 23.0 Å². The number of hydrogen-bond acceptors (Lipinski definition) is 5. The highest BCUT2D eigenvalue weighted by atomic mass is 16.2. The fourth-order valence-corrected chi connectivity index (χ4v) is 3.22. The molecule has 0 saturated carbocycles. The molecule has 0 spiro atoms. The van der Waals surface area contributed by atoms with Gasteiger partial charge in [-0.3, -0.25) is 10.2 Å². The van der Waals surface area contributed by atoms with Crippen molar-refractivity contribution in [2.45, 2.75) is 65.8 Å². The first-order valence-electron chi connectivity index (χ1n) is 9.64. The molecule has 4 heterocycles. The van der Waals surface area contributed by atoms with Crippen LogP contribution < -0.4 is 15.6 Å². The van der Waals surface area contributed by atoms with E-state index in [0.717, 1.165) is 5.78 Å². The predicted octanol–water partition coefficient (Wildman–Crippen LogP) is 2.26. The van der Waals surface area contributed by atoms with E-state index in [9.17, 15) is 4.79 Å². The second-order valence-corrected chi connectivity index (χ2v) is 9.15.